The minimum absolute atomic E-state index is 0.132. The Morgan fingerprint density at radius 1 is 1.20 bits per heavy atom. The van der Waals surface area contributed by atoms with Gasteiger partial charge in [-0.1, -0.05) is 0 Å². The van der Waals surface area contributed by atoms with Gasteiger partial charge in [0, 0.05) is 18.1 Å². The lowest BCUT2D eigenvalue weighted by molar-refractivity contribution is 0.102. The van der Waals surface area contributed by atoms with Crippen molar-refractivity contribution in [1.82, 2.24) is 4.98 Å². The minimum atomic E-state index is -3.29. The molecule has 104 valence electrons. The van der Waals surface area contributed by atoms with Gasteiger partial charge in [0.05, 0.1) is 16.7 Å². The monoisotopic (exact) mass is 294 g/mol. The molecule has 0 aliphatic heterocycles. The summed E-state index contributed by atoms with van der Waals surface area (Å²) in [7, 11) is -3.29. The van der Waals surface area contributed by atoms with Gasteiger partial charge in [0.15, 0.2) is 15.7 Å². The van der Waals surface area contributed by atoms with Crippen LogP contribution in [0.1, 0.15) is 10.4 Å². The number of hydrogen-bond acceptors (Lipinski definition) is 4. The van der Waals surface area contributed by atoms with Crippen molar-refractivity contribution in [3.05, 3.63) is 54.1 Å². The van der Waals surface area contributed by atoms with Gasteiger partial charge in [-0.05, 0) is 30.3 Å². The van der Waals surface area contributed by atoms with Gasteiger partial charge in [0.25, 0.3) is 5.91 Å². The lowest BCUT2D eigenvalue weighted by atomic mass is 10.2. The van der Waals surface area contributed by atoms with Crippen LogP contribution >= 0.6 is 0 Å². The quantitative estimate of drug-likeness (QED) is 0.937. The molecule has 2 aromatic rings. The number of aromatic nitrogens is 1. The van der Waals surface area contributed by atoms with E-state index in [4.69, 9.17) is 0 Å². The normalized spacial score (nSPS) is 11.1. The van der Waals surface area contributed by atoms with Crippen LogP contribution in [0.5, 0.6) is 0 Å². The maximum atomic E-state index is 13.4. The van der Waals surface area contributed by atoms with Gasteiger partial charge in [0.2, 0.25) is 0 Å². The van der Waals surface area contributed by atoms with Crippen LogP contribution in [-0.2, 0) is 9.84 Å². The van der Waals surface area contributed by atoms with Crippen molar-refractivity contribution in [2.45, 2.75) is 4.90 Å². The molecule has 0 saturated heterocycles. The van der Waals surface area contributed by atoms with Gasteiger partial charge < -0.3 is 5.32 Å². The Morgan fingerprint density at radius 2 is 1.85 bits per heavy atom. The number of nitrogens with one attached hydrogen (secondary N) is 1. The number of pyridine rings is 1. The summed E-state index contributed by atoms with van der Waals surface area (Å²) in [4.78, 5) is 15.5. The van der Waals surface area contributed by atoms with Crippen LogP contribution in [0.15, 0.2) is 47.6 Å². The van der Waals surface area contributed by atoms with Gasteiger partial charge in [-0.3, -0.25) is 9.78 Å². The van der Waals surface area contributed by atoms with Gasteiger partial charge in [-0.25, -0.2) is 12.8 Å². The molecule has 7 heteroatoms. The molecule has 0 spiro atoms. The van der Waals surface area contributed by atoms with E-state index in [1.54, 1.807) is 0 Å². The zero-order valence-electron chi connectivity index (χ0n) is 10.5. The van der Waals surface area contributed by atoms with Gasteiger partial charge in [-0.15, -0.1) is 0 Å². The first-order valence-corrected chi connectivity index (χ1v) is 7.48. The van der Waals surface area contributed by atoms with Crippen LogP contribution in [0.2, 0.25) is 0 Å². The Morgan fingerprint density at radius 3 is 2.40 bits per heavy atom. The minimum Gasteiger partial charge on any atom is -0.322 e. The van der Waals surface area contributed by atoms with E-state index in [0.29, 0.717) is 5.69 Å². The molecule has 1 heterocycles. The standard InChI is InChI=1S/C13H11FN2O3S/c1-20(18,19)10-4-2-9(3-5-10)16-13(17)11-6-7-15-8-12(11)14/h2-8H,1H3,(H,16,17). The zero-order valence-corrected chi connectivity index (χ0v) is 11.3. The van der Waals surface area contributed by atoms with Crippen molar-refractivity contribution < 1.29 is 17.6 Å². The molecular formula is C13H11FN2O3S. The molecule has 0 fully saturated rings. The number of nitrogens with zero attached hydrogens (tertiary/aromatic N) is 1. The number of amides is 1. The van der Waals surface area contributed by atoms with Gasteiger partial charge >= 0.3 is 0 Å². The summed E-state index contributed by atoms with van der Waals surface area (Å²) in [5.74, 6) is -1.35. The first-order chi connectivity index (χ1) is 9.38. The SMILES string of the molecule is CS(=O)(=O)c1ccc(NC(=O)c2ccncc2F)cc1. The van der Waals surface area contributed by atoms with Crippen LogP contribution < -0.4 is 5.32 Å². The molecule has 5 nitrogen and oxygen atoms in total. The lowest BCUT2D eigenvalue weighted by Gasteiger charge is -2.06. The topological polar surface area (TPSA) is 76.1 Å². The molecule has 20 heavy (non-hydrogen) atoms. The van der Waals surface area contributed by atoms with Crippen LogP contribution in [0.25, 0.3) is 0 Å². The Bertz CT molecular complexity index is 742. The molecule has 0 radical (unpaired) electrons. The third-order valence-electron chi connectivity index (χ3n) is 2.56. The van der Waals surface area contributed by atoms with E-state index < -0.39 is 21.6 Å². The van der Waals surface area contributed by atoms with Crippen molar-refractivity contribution in [3.8, 4) is 0 Å². The van der Waals surface area contributed by atoms with Crippen LogP contribution in [-0.4, -0.2) is 25.6 Å². The van der Waals surface area contributed by atoms with Crippen LogP contribution in [0.3, 0.4) is 0 Å². The molecule has 0 atom stereocenters. The van der Waals surface area contributed by atoms with Crippen molar-refractivity contribution in [2.24, 2.45) is 0 Å². The number of rotatable bonds is 3. The number of benzene rings is 1. The molecule has 0 bridgehead atoms. The second-order valence-electron chi connectivity index (χ2n) is 4.11. The highest BCUT2D eigenvalue weighted by Gasteiger charge is 2.12. The Labute approximate surface area is 115 Å². The van der Waals surface area contributed by atoms with E-state index in [2.05, 4.69) is 10.3 Å². The van der Waals surface area contributed by atoms with Gasteiger partial charge in [0.1, 0.15) is 0 Å². The molecular weight excluding hydrogens is 283 g/mol. The number of hydrogen-bond donors (Lipinski definition) is 1. The summed E-state index contributed by atoms with van der Waals surface area (Å²) in [5.41, 5.74) is 0.241. The van der Waals surface area contributed by atoms with Crippen molar-refractivity contribution in [1.29, 1.82) is 0 Å². The maximum Gasteiger partial charge on any atom is 0.258 e. The lowest BCUT2D eigenvalue weighted by Crippen LogP contribution is -2.14. The van der Waals surface area contributed by atoms with E-state index in [9.17, 15) is 17.6 Å². The van der Waals surface area contributed by atoms with E-state index in [-0.39, 0.29) is 10.5 Å². The highest BCUT2D eigenvalue weighted by Crippen LogP contribution is 2.15. The molecule has 0 unspecified atom stereocenters. The first-order valence-electron chi connectivity index (χ1n) is 5.59. The Hall–Kier alpha value is -2.28. The number of sulfone groups is 1. The number of carbonyl (C=O) groups excluding carboxylic acids is 1. The average Bonchev–Trinajstić information content (AvgIpc) is 2.38. The van der Waals surface area contributed by atoms with E-state index in [1.807, 2.05) is 0 Å². The average molecular weight is 294 g/mol. The third kappa shape index (κ3) is 3.18. The molecule has 1 N–H and O–H groups in total. The fourth-order valence-corrected chi connectivity index (χ4v) is 2.17. The molecule has 0 aliphatic carbocycles. The predicted molar refractivity (Wildman–Crippen MR) is 71.7 cm³/mol. The number of carbonyl (C=O) groups is 1. The molecule has 1 aromatic heterocycles. The number of anilines is 1. The summed E-state index contributed by atoms with van der Waals surface area (Å²) in [5, 5.41) is 2.48. The Kier molecular flexibility index (Phi) is 3.80. The largest absolute Gasteiger partial charge is 0.322 e. The molecule has 1 amide bonds. The molecule has 1 aromatic carbocycles. The van der Waals surface area contributed by atoms with Crippen molar-refractivity contribution in [3.63, 3.8) is 0 Å². The van der Waals surface area contributed by atoms with E-state index in [0.717, 1.165) is 12.5 Å². The fraction of sp³-hybridized carbons (Fsp3) is 0.0769. The van der Waals surface area contributed by atoms with E-state index in [1.165, 1.54) is 36.5 Å². The molecule has 0 aliphatic rings. The second kappa shape index (κ2) is 5.38. The van der Waals surface area contributed by atoms with Gasteiger partial charge in [-0.2, -0.15) is 0 Å². The third-order valence-corrected chi connectivity index (χ3v) is 3.69. The fourth-order valence-electron chi connectivity index (χ4n) is 1.54. The summed E-state index contributed by atoms with van der Waals surface area (Å²) in [6, 6.07) is 6.87. The zero-order chi connectivity index (χ0) is 14.8. The number of halogens is 1. The molecule has 0 saturated carbocycles. The highest BCUT2D eigenvalue weighted by atomic mass is 32.2. The summed E-state index contributed by atoms with van der Waals surface area (Å²) in [6.45, 7) is 0. The van der Waals surface area contributed by atoms with Crippen molar-refractivity contribution in [2.75, 3.05) is 11.6 Å². The van der Waals surface area contributed by atoms with E-state index >= 15 is 0 Å². The summed E-state index contributed by atoms with van der Waals surface area (Å²) < 4.78 is 35.9. The smallest absolute Gasteiger partial charge is 0.258 e. The summed E-state index contributed by atoms with van der Waals surface area (Å²) in [6.07, 6.45) is 3.35. The maximum absolute atomic E-state index is 13.4. The molecule has 2 rings (SSSR count). The highest BCUT2D eigenvalue weighted by molar-refractivity contribution is 7.90. The van der Waals surface area contributed by atoms with Crippen LogP contribution in [0, 0.1) is 5.82 Å². The summed E-state index contributed by atoms with van der Waals surface area (Å²) >= 11 is 0. The Balaban J connectivity index is 2.19. The first kappa shape index (κ1) is 14.1. The van der Waals surface area contributed by atoms with Crippen LogP contribution in [0.4, 0.5) is 10.1 Å². The predicted octanol–water partition coefficient (Wildman–Crippen LogP) is 1.88. The van der Waals surface area contributed by atoms with Crippen molar-refractivity contribution >= 4 is 21.4 Å². The second-order valence-corrected chi connectivity index (χ2v) is 6.12.